The number of aromatic nitrogens is 1. The minimum atomic E-state index is -1.38. The van der Waals surface area contributed by atoms with Crippen LogP contribution in [0.15, 0.2) is 30.1 Å². The van der Waals surface area contributed by atoms with Gasteiger partial charge in [0.2, 0.25) is 5.91 Å². The van der Waals surface area contributed by atoms with Gasteiger partial charge in [-0.2, -0.15) is 0 Å². The Kier molecular flexibility index (Phi) is 4.53. The summed E-state index contributed by atoms with van der Waals surface area (Å²) in [6, 6.07) is 4.88. The van der Waals surface area contributed by atoms with E-state index in [9.17, 15) is 19.8 Å². The number of aliphatic hydroxyl groups excluding tert-OH is 1. The first-order chi connectivity index (χ1) is 9.52. The standard InChI is InChI=1S/C14H14N2O4.Na/c1-7(17)11-10-6-8(9-4-2-3-5-15-9)12(14(19)20)16(10)13(11)18;/h2-5,7,10-11,17H,6H2,1H3,(H,19,20);/q;+1/p-1/t7-,10-,11-;/m1./s1. The number of hydrogen-bond donors (Lipinski definition) is 1. The van der Waals surface area contributed by atoms with Crippen LogP contribution in [0.4, 0.5) is 0 Å². The van der Waals surface area contributed by atoms with Gasteiger partial charge in [0.25, 0.3) is 0 Å². The molecule has 1 saturated heterocycles. The van der Waals surface area contributed by atoms with Crippen LogP contribution in [-0.2, 0) is 9.59 Å². The van der Waals surface area contributed by atoms with Crippen LogP contribution in [0, 0.1) is 5.92 Å². The maximum Gasteiger partial charge on any atom is 1.00 e. The van der Waals surface area contributed by atoms with Crippen LogP contribution >= 0.6 is 0 Å². The Bertz CT molecular complexity index is 615. The Hall–Kier alpha value is -1.21. The van der Waals surface area contributed by atoms with E-state index in [0.29, 0.717) is 17.7 Å². The summed E-state index contributed by atoms with van der Waals surface area (Å²) in [5.41, 5.74) is 0.904. The fourth-order valence-corrected chi connectivity index (χ4v) is 3.03. The molecular weight excluding hydrogens is 283 g/mol. The molecule has 0 unspecified atom stereocenters. The number of rotatable bonds is 3. The number of fused-ring (bicyclic) bond motifs is 1. The summed E-state index contributed by atoms with van der Waals surface area (Å²) in [5.74, 6) is -2.30. The summed E-state index contributed by atoms with van der Waals surface area (Å²) >= 11 is 0. The molecule has 3 heterocycles. The molecule has 0 saturated carbocycles. The third kappa shape index (κ3) is 2.42. The largest absolute Gasteiger partial charge is 1.00 e. The minimum absolute atomic E-state index is 0. The SMILES string of the molecule is C[C@@H](O)[C@H]1C(=O)N2C(C(=O)[O-])=C(c3ccccn3)C[C@H]12.[Na+]. The molecule has 0 bridgehead atoms. The number of amides is 1. The second-order valence-electron chi connectivity index (χ2n) is 5.08. The van der Waals surface area contributed by atoms with Crippen LogP contribution in [0.1, 0.15) is 19.0 Å². The molecule has 0 spiro atoms. The van der Waals surface area contributed by atoms with E-state index in [0.717, 1.165) is 0 Å². The monoisotopic (exact) mass is 296 g/mol. The molecule has 6 nitrogen and oxygen atoms in total. The Labute approximate surface area is 143 Å². The summed E-state index contributed by atoms with van der Waals surface area (Å²) in [6.07, 6.45) is 1.15. The molecule has 1 amide bonds. The molecule has 3 rings (SSSR count). The summed E-state index contributed by atoms with van der Waals surface area (Å²) in [7, 11) is 0. The molecule has 0 aromatic carbocycles. The van der Waals surface area contributed by atoms with E-state index in [1.807, 2.05) is 0 Å². The molecule has 0 aliphatic carbocycles. The second kappa shape index (κ2) is 5.88. The number of carboxylic acid groups (broad SMARTS) is 1. The van der Waals surface area contributed by atoms with Crippen molar-refractivity contribution in [3.8, 4) is 0 Å². The van der Waals surface area contributed by atoms with Crippen molar-refractivity contribution < 1.29 is 49.4 Å². The molecule has 1 aromatic rings. The number of carbonyl (C=O) groups is 2. The average molecular weight is 296 g/mol. The Morgan fingerprint density at radius 3 is 2.76 bits per heavy atom. The van der Waals surface area contributed by atoms with Gasteiger partial charge in [-0.1, -0.05) is 6.07 Å². The van der Waals surface area contributed by atoms with Crippen molar-refractivity contribution in [3.05, 3.63) is 35.8 Å². The van der Waals surface area contributed by atoms with Crippen LogP contribution in [0.2, 0.25) is 0 Å². The van der Waals surface area contributed by atoms with Crippen LogP contribution in [-0.4, -0.2) is 39.0 Å². The van der Waals surface area contributed by atoms with Gasteiger partial charge < -0.3 is 19.9 Å². The van der Waals surface area contributed by atoms with Crippen LogP contribution in [0.3, 0.4) is 0 Å². The zero-order valence-electron chi connectivity index (χ0n) is 11.8. The van der Waals surface area contributed by atoms with Gasteiger partial charge in [-0.25, -0.2) is 0 Å². The molecular formula is C14H13N2NaO4. The van der Waals surface area contributed by atoms with E-state index in [2.05, 4.69) is 4.98 Å². The van der Waals surface area contributed by atoms with Crippen LogP contribution in [0.25, 0.3) is 5.57 Å². The summed E-state index contributed by atoms with van der Waals surface area (Å²) in [4.78, 5) is 28.7. The van der Waals surface area contributed by atoms with Gasteiger partial charge >= 0.3 is 29.6 Å². The molecule has 2 aliphatic rings. The molecule has 1 N–H and O–H groups in total. The van der Waals surface area contributed by atoms with Crippen molar-refractivity contribution in [1.82, 2.24) is 9.88 Å². The topological polar surface area (TPSA) is 93.6 Å². The van der Waals surface area contributed by atoms with E-state index >= 15 is 0 Å². The smallest absolute Gasteiger partial charge is 0.543 e. The first kappa shape index (κ1) is 16.2. The maximum absolute atomic E-state index is 12.0. The van der Waals surface area contributed by atoms with E-state index in [1.54, 1.807) is 24.4 Å². The second-order valence-corrected chi connectivity index (χ2v) is 5.08. The zero-order valence-corrected chi connectivity index (χ0v) is 13.8. The van der Waals surface area contributed by atoms with E-state index in [4.69, 9.17) is 0 Å². The number of aliphatic hydroxyl groups is 1. The molecule has 7 heteroatoms. The Balaban J connectivity index is 0.00000161. The fourth-order valence-electron chi connectivity index (χ4n) is 3.03. The number of hydrogen-bond acceptors (Lipinski definition) is 5. The molecule has 1 aromatic heterocycles. The van der Waals surface area contributed by atoms with Crippen molar-refractivity contribution >= 4 is 17.4 Å². The van der Waals surface area contributed by atoms with Gasteiger partial charge in [0.15, 0.2) is 0 Å². The van der Waals surface area contributed by atoms with Crippen LogP contribution in [0.5, 0.6) is 0 Å². The predicted molar refractivity (Wildman–Crippen MR) is 66.6 cm³/mol. The number of carbonyl (C=O) groups excluding carboxylic acids is 2. The molecule has 21 heavy (non-hydrogen) atoms. The first-order valence-electron chi connectivity index (χ1n) is 6.39. The van der Waals surface area contributed by atoms with Gasteiger partial charge in [-0.05, 0) is 25.5 Å². The van der Waals surface area contributed by atoms with Gasteiger partial charge in [-0.3, -0.25) is 9.78 Å². The van der Waals surface area contributed by atoms with Gasteiger partial charge in [0.05, 0.1) is 35.4 Å². The van der Waals surface area contributed by atoms with Gasteiger partial charge in [-0.15, -0.1) is 0 Å². The molecule has 3 atom stereocenters. The maximum atomic E-state index is 12.0. The van der Waals surface area contributed by atoms with Crippen molar-refractivity contribution in [1.29, 1.82) is 0 Å². The summed E-state index contributed by atoms with van der Waals surface area (Å²) in [6.45, 7) is 1.54. The van der Waals surface area contributed by atoms with Gasteiger partial charge in [0.1, 0.15) is 0 Å². The van der Waals surface area contributed by atoms with E-state index in [1.165, 1.54) is 11.8 Å². The van der Waals surface area contributed by atoms with E-state index < -0.39 is 18.0 Å². The number of aliphatic carboxylic acids is 1. The zero-order chi connectivity index (χ0) is 14.4. The molecule has 2 aliphatic heterocycles. The Morgan fingerprint density at radius 2 is 2.24 bits per heavy atom. The van der Waals surface area contributed by atoms with Gasteiger partial charge in [0, 0.05) is 11.8 Å². The van der Waals surface area contributed by atoms with Crippen molar-refractivity contribution in [2.45, 2.75) is 25.5 Å². The molecule has 0 radical (unpaired) electrons. The quantitative estimate of drug-likeness (QED) is 0.455. The third-order valence-electron chi connectivity index (χ3n) is 3.90. The molecule has 1 fully saturated rings. The first-order valence-corrected chi connectivity index (χ1v) is 6.39. The van der Waals surface area contributed by atoms with Crippen molar-refractivity contribution in [2.24, 2.45) is 5.92 Å². The van der Waals surface area contributed by atoms with Crippen molar-refractivity contribution in [3.63, 3.8) is 0 Å². The summed E-state index contributed by atoms with van der Waals surface area (Å²) < 4.78 is 0. The number of carboxylic acids is 1. The van der Waals surface area contributed by atoms with E-state index in [-0.39, 0.29) is 47.2 Å². The van der Waals surface area contributed by atoms with Crippen molar-refractivity contribution in [2.75, 3.05) is 0 Å². The summed E-state index contributed by atoms with van der Waals surface area (Å²) in [5, 5.41) is 21.0. The predicted octanol–water partition coefficient (Wildman–Crippen LogP) is -3.84. The number of nitrogens with zero attached hydrogens (tertiary/aromatic N) is 2. The van der Waals surface area contributed by atoms with Crippen LogP contribution < -0.4 is 34.7 Å². The average Bonchev–Trinajstić information content (AvgIpc) is 2.74. The molecule has 104 valence electrons. The number of pyridine rings is 1. The Morgan fingerprint density at radius 1 is 1.52 bits per heavy atom. The minimum Gasteiger partial charge on any atom is -0.543 e. The normalized spacial score (nSPS) is 25.0. The fraction of sp³-hybridized carbons (Fsp3) is 0.357. The number of β-lactam (4-membered cyclic amide) rings is 1. The third-order valence-corrected chi connectivity index (χ3v) is 3.90.